The lowest BCUT2D eigenvalue weighted by molar-refractivity contribution is -0.137. The highest BCUT2D eigenvalue weighted by atomic mass is 16.5. The second-order valence-corrected chi connectivity index (χ2v) is 7.54. The zero-order valence-electron chi connectivity index (χ0n) is 20.2. The number of rotatable bonds is 11. The number of ether oxygens (including phenoxy) is 4. The first-order valence-corrected chi connectivity index (χ1v) is 11.3. The first kappa shape index (κ1) is 24.6. The summed E-state index contributed by atoms with van der Waals surface area (Å²) in [6.45, 7) is 4.33. The number of methoxy groups -OCH3 is 1. The van der Waals surface area contributed by atoms with E-state index in [0.29, 0.717) is 52.7 Å². The third-order valence-electron chi connectivity index (χ3n) is 5.08. The van der Waals surface area contributed by atoms with Crippen LogP contribution in [-0.4, -0.2) is 29.7 Å². The van der Waals surface area contributed by atoms with Gasteiger partial charge in [0.1, 0.15) is 24.7 Å². The molecule has 0 fully saturated rings. The maximum atomic E-state index is 11.6. The predicted molar refractivity (Wildman–Crippen MR) is 131 cm³/mol. The summed E-state index contributed by atoms with van der Waals surface area (Å²) < 4.78 is 33.3. The van der Waals surface area contributed by atoms with Crippen LogP contribution in [0, 0.1) is 6.92 Å². The van der Waals surface area contributed by atoms with E-state index in [4.69, 9.17) is 27.8 Å². The van der Waals surface area contributed by atoms with Crippen molar-refractivity contribution in [2.24, 2.45) is 0 Å². The lowest BCUT2D eigenvalue weighted by Crippen LogP contribution is -2.02. The molecule has 3 aromatic heterocycles. The van der Waals surface area contributed by atoms with E-state index in [9.17, 15) is 4.79 Å². The van der Waals surface area contributed by atoms with E-state index in [-0.39, 0.29) is 13.2 Å². The fourth-order valence-corrected chi connectivity index (χ4v) is 3.29. The van der Waals surface area contributed by atoms with Gasteiger partial charge in [-0.3, -0.25) is 0 Å². The molecule has 4 rings (SSSR count). The van der Waals surface area contributed by atoms with Gasteiger partial charge in [-0.2, -0.15) is 0 Å². The molecule has 0 amide bonds. The van der Waals surface area contributed by atoms with Crippen molar-refractivity contribution < 1.29 is 32.6 Å². The molecule has 0 aliphatic rings. The average molecular weight is 491 g/mol. The lowest BCUT2D eigenvalue weighted by Gasteiger charge is -2.13. The molecule has 9 nitrogen and oxygen atoms in total. The minimum Gasteiger partial charge on any atom is -0.493 e. The molecule has 186 valence electrons. The normalized spacial score (nSPS) is 11.0. The minimum absolute atomic E-state index is 0.201. The van der Waals surface area contributed by atoms with Crippen LogP contribution >= 0.6 is 0 Å². The molecule has 0 aliphatic heterocycles. The van der Waals surface area contributed by atoms with Gasteiger partial charge in [-0.05, 0) is 61.9 Å². The smallest absolute Gasteiger partial charge is 0.330 e. The van der Waals surface area contributed by atoms with Gasteiger partial charge in [-0.1, -0.05) is 6.07 Å². The highest BCUT2D eigenvalue weighted by molar-refractivity contribution is 5.87. The molecule has 1 aromatic carbocycles. The Morgan fingerprint density at radius 3 is 2.75 bits per heavy atom. The van der Waals surface area contributed by atoms with Crippen molar-refractivity contribution in [1.29, 1.82) is 0 Å². The molecule has 9 heteroatoms. The molecule has 0 unspecified atom stereocenters. The van der Waals surface area contributed by atoms with Gasteiger partial charge in [0.2, 0.25) is 5.88 Å². The summed E-state index contributed by atoms with van der Waals surface area (Å²) in [5.41, 5.74) is 2.17. The Labute approximate surface area is 208 Å². The first-order chi connectivity index (χ1) is 17.6. The highest BCUT2D eigenvalue weighted by Crippen LogP contribution is 2.30. The maximum Gasteiger partial charge on any atom is 0.330 e. The number of esters is 1. The molecule has 4 aromatic rings. The van der Waals surface area contributed by atoms with Crippen molar-refractivity contribution in [3.05, 3.63) is 83.6 Å². The molecule has 0 bridgehead atoms. The van der Waals surface area contributed by atoms with Gasteiger partial charge < -0.3 is 27.8 Å². The molecule has 36 heavy (non-hydrogen) atoms. The largest absolute Gasteiger partial charge is 0.493 e. The Morgan fingerprint density at radius 2 is 1.97 bits per heavy atom. The van der Waals surface area contributed by atoms with Gasteiger partial charge in [0.25, 0.3) is 5.89 Å². The van der Waals surface area contributed by atoms with E-state index in [1.165, 1.54) is 6.08 Å². The van der Waals surface area contributed by atoms with Gasteiger partial charge in [0.15, 0.2) is 17.3 Å². The number of carbonyl (C=O) groups is 1. The zero-order valence-corrected chi connectivity index (χ0v) is 20.2. The number of aryl methyl sites for hydroxylation is 1. The zero-order chi connectivity index (χ0) is 25.3. The van der Waals surface area contributed by atoms with Gasteiger partial charge >= 0.3 is 5.97 Å². The van der Waals surface area contributed by atoms with E-state index < -0.39 is 5.97 Å². The number of benzene rings is 1. The summed E-state index contributed by atoms with van der Waals surface area (Å²) in [7, 11) is 1.57. The monoisotopic (exact) mass is 490 g/mol. The van der Waals surface area contributed by atoms with E-state index in [1.807, 2.05) is 19.1 Å². The maximum absolute atomic E-state index is 11.6. The van der Waals surface area contributed by atoms with Crippen LogP contribution < -0.4 is 14.2 Å². The quantitative estimate of drug-likeness (QED) is 0.202. The highest BCUT2D eigenvalue weighted by Gasteiger charge is 2.15. The number of aromatic nitrogens is 2. The van der Waals surface area contributed by atoms with Crippen molar-refractivity contribution in [2.45, 2.75) is 27.1 Å². The summed E-state index contributed by atoms with van der Waals surface area (Å²) in [6.07, 6.45) is 6.14. The summed E-state index contributed by atoms with van der Waals surface area (Å²) in [4.78, 5) is 20.3. The van der Waals surface area contributed by atoms with Crippen molar-refractivity contribution in [2.75, 3.05) is 13.7 Å². The van der Waals surface area contributed by atoms with Crippen molar-refractivity contribution >= 4 is 12.0 Å². The molecule has 0 aliphatic carbocycles. The van der Waals surface area contributed by atoms with Crippen LogP contribution in [0.5, 0.6) is 17.4 Å². The van der Waals surface area contributed by atoms with Crippen LogP contribution in [0.15, 0.2) is 69.8 Å². The van der Waals surface area contributed by atoms with Gasteiger partial charge in [-0.25, -0.2) is 14.8 Å². The van der Waals surface area contributed by atoms with Crippen LogP contribution in [0.2, 0.25) is 0 Å². The summed E-state index contributed by atoms with van der Waals surface area (Å²) >= 11 is 0. The van der Waals surface area contributed by atoms with Crippen molar-refractivity contribution in [1.82, 2.24) is 9.97 Å². The summed E-state index contributed by atoms with van der Waals surface area (Å²) in [5, 5.41) is 0. The molecule has 0 saturated carbocycles. The molecular weight excluding hydrogens is 464 g/mol. The molecule has 0 saturated heterocycles. The number of hydrogen-bond acceptors (Lipinski definition) is 9. The van der Waals surface area contributed by atoms with E-state index in [0.717, 1.165) is 5.56 Å². The van der Waals surface area contributed by atoms with Crippen molar-refractivity contribution in [3.63, 3.8) is 0 Å². The summed E-state index contributed by atoms with van der Waals surface area (Å²) in [6, 6.07) is 12.6. The van der Waals surface area contributed by atoms with Gasteiger partial charge in [-0.15, -0.1) is 0 Å². The second kappa shape index (κ2) is 11.7. The van der Waals surface area contributed by atoms with Crippen LogP contribution in [0.3, 0.4) is 0 Å². The number of nitrogens with zero attached hydrogens (tertiary/aromatic N) is 2. The molecule has 0 radical (unpaired) electrons. The van der Waals surface area contributed by atoms with Crippen LogP contribution in [0.4, 0.5) is 0 Å². The molecule has 0 spiro atoms. The topological polar surface area (TPSA) is 106 Å². The lowest BCUT2D eigenvalue weighted by atomic mass is 10.2. The Hall–Kier alpha value is -4.53. The van der Waals surface area contributed by atoms with E-state index in [1.54, 1.807) is 62.9 Å². The molecule has 3 heterocycles. The average Bonchev–Trinajstić information content (AvgIpc) is 3.56. The number of hydrogen-bond donors (Lipinski definition) is 0. The van der Waals surface area contributed by atoms with Gasteiger partial charge in [0, 0.05) is 17.8 Å². The Balaban J connectivity index is 1.40. The number of carbonyl (C=O) groups excluding carboxylic acids is 1. The van der Waals surface area contributed by atoms with Crippen LogP contribution in [0.25, 0.3) is 17.7 Å². The predicted octanol–water partition coefficient (Wildman–Crippen LogP) is 5.38. The molecule has 0 N–H and O–H groups in total. The molecular formula is C27H26N2O7. The van der Waals surface area contributed by atoms with Crippen LogP contribution in [-0.2, 0) is 22.7 Å². The SMILES string of the molecule is CCOC(=O)/C=C/c1cccnc1OCc1ccc(OCc2nc(-c3ccco3)oc2C)c(OC)c1. The number of pyridine rings is 1. The van der Waals surface area contributed by atoms with E-state index in [2.05, 4.69) is 9.97 Å². The van der Waals surface area contributed by atoms with Gasteiger partial charge in [0.05, 0.1) is 20.0 Å². The fraction of sp³-hybridized carbons (Fsp3) is 0.222. The number of oxazole rings is 1. The fourth-order valence-electron chi connectivity index (χ4n) is 3.29. The van der Waals surface area contributed by atoms with Crippen molar-refractivity contribution in [3.8, 4) is 29.0 Å². The third-order valence-corrected chi connectivity index (χ3v) is 5.08. The first-order valence-electron chi connectivity index (χ1n) is 11.3. The minimum atomic E-state index is -0.425. The Bertz CT molecular complexity index is 1330. The second-order valence-electron chi connectivity index (χ2n) is 7.54. The molecule has 0 atom stereocenters. The van der Waals surface area contributed by atoms with E-state index >= 15 is 0 Å². The summed E-state index contributed by atoms with van der Waals surface area (Å²) in [5.74, 6) is 2.68. The van der Waals surface area contributed by atoms with Crippen LogP contribution in [0.1, 0.15) is 29.5 Å². The Kier molecular flexibility index (Phi) is 8.02. The number of furan rings is 1. The third kappa shape index (κ3) is 6.12. The Morgan fingerprint density at radius 1 is 1.08 bits per heavy atom. The standard InChI is InChI=1S/C27H26N2O7/c1-4-32-25(30)12-10-20-7-5-13-28-26(20)35-16-19-9-11-22(24(15-19)31-3)34-17-21-18(2)36-27(29-21)23-8-6-14-33-23/h5-15H,4,16-17H2,1-3H3/b12-10+.